The first-order valence-electron chi connectivity index (χ1n) is 12.4. The van der Waals surface area contributed by atoms with Gasteiger partial charge in [-0.15, -0.1) is 0 Å². The normalized spacial score (nSPS) is 16.8. The van der Waals surface area contributed by atoms with Crippen LogP contribution in [0.2, 0.25) is 5.02 Å². The first kappa shape index (κ1) is 25.5. The van der Waals surface area contributed by atoms with Crippen molar-refractivity contribution >= 4 is 46.4 Å². The van der Waals surface area contributed by atoms with Crippen LogP contribution < -0.4 is 15.0 Å². The van der Waals surface area contributed by atoms with E-state index in [0.29, 0.717) is 10.1 Å². The summed E-state index contributed by atoms with van der Waals surface area (Å²) in [5.41, 5.74) is 3.00. The molecule has 1 fully saturated rings. The van der Waals surface area contributed by atoms with E-state index in [9.17, 15) is 0 Å². The third-order valence-corrected chi connectivity index (χ3v) is 7.89. The van der Waals surface area contributed by atoms with Gasteiger partial charge in [0.1, 0.15) is 23.3 Å². The zero-order valence-corrected chi connectivity index (χ0v) is 23.3. The lowest BCUT2D eigenvalue weighted by Gasteiger charge is -2.26. The summed E-state index contributed by atoms with van der Waals surface area (Å²) in [6.45, 7) is 2.05. The average Bonchev–Trinajstić information content (AvgIpc) is 3.56. The molecule has 5 nitrogen and oxygen atoms in total. The quantitative estimate of drug-likeness (QED) is 0.197. The maximum Gasteiger partial charge on any atom is 0.174 e. The Morgan fingerprint density at radius 3 is 2.31 bits per heavy atom. The largest absolute Gasteiger partial charge is 0.457 e. The lowest BCUT2D eigenvalue weighted by molar-refractivity contribution is 0.383. The Kier molecular flexibility index (Phi) is 7.28. The third kappa shape index (κ3) is 5.66. The smallest absolute Gasteiger partial charge is 0.174 e. The average molecular weight is 570 g/mol. The number of halogens is 1. The molecular formula is C31H24ClN3O2S2. The highest BCUT2D eigenvalue weighted by molar-refractivity contribution is 7.99. The summed E-state index contributed by atoms with van der Waals surface area (Å²) in [6.07, 6.45) is 1.79. The van der Waals surface area contributed by atoms with Gasteiger partial charge < -0.3 is 19.4 Å². The zero-order chi connectivity index (χ0) is 26.8. The summed E-state index contributed by atoms with van der Waals surface area (Å²) in [4.78, 5) is 7.75. The Bertz CT molecular complexity index is 1570. The van der Waals surface area contributed by atoms with Gasteiger partial charge in [-0.05, 0) is 104 Å². The number of hydrogen-bond donors (Lipinski definition) is 1. The molecule has 1 aliphatic rings. The fourth-order valence-electron chi connectivity index (χ4n) is 4.51. The molecule has 2 unspecified atom stereocenters. The highest BCUT2D eigenvalue weighted by Crippen LogP contribution is 2.44. The molecule has 3 heterocycles. The Morgan fingerprint density at radius 2 is 1.62 bits per heavy atom. The SMILES string of the molecule is Cc1ccc(Oc2ccc(N3C(=S)NC(c4ccccn4)C3c3ccc(Sc4ccc(Cl)cc4)o3)cc2)cc1. The van der Waals surface area contributed by atoms with E-state index >= 15 is 0 Å². The molecule has 194 valence electrons. The summed E-state index contributed by atoms with van der Waals surface area (Å²) in [7, 11) is 0. The molecule has 0 amide bonds. The van der Waals surface area contributed by atoms with Crippen LogP contribution in [0.25, 0.3) is 0 Å². The summed E-state index contributed by atoms with van der Waals surface area (Å²) in [5.74, 6) is 2.33. The maximum atomic E-state index is 6.40. The van der Waals surface area contributed by atoms with Gasteiger partial charge in [-0.1, -0.05) is 47.1 Å². The van der Waals surface area contributed by atoms with Crippen LogP contribution in [-0.4, -0.2) is 10.1 Å². The lowest BCUT2D eigenvalue weighted by atomic mass is 10.0. The summed E-state index contributed by atoms with van der Waals surface area (Å²) >= 11 is 13.4. The molecular weight excluding hydrogens is 546 g/mol. The Balaban J connectivity index is 1.30. The summed E-state index contributed by atoms with van der Waals surface area (Å²) < 4.78 is 12.4. The van der Waals surface area contributed by atoms with Crippen LogP contribution in [0.3, 0.4) is 0 Å². The van der Waals surface area contributed by atoms with Crippen molar-refractivity contribution in [3.8, 4) is 11.5 Å². The first-order valence-corrected chi connectivity index (χ1v) is 14.0. The Labute approximate surface area is 241 Å². The number of furan rings is 1. The van der Waals surface area contributed by atoms with Crippen molar-refractivity contribution in [2.75, 3.05) is 4.90 Å². The minimum atomic E-state index is -0.240. The fraction of sp³-hybridized carbons (Fsp3) is 0.0968. The van der Waals surface area contributed by atoms with E-state index in [1.165, 1.54) is 5.56 Å². The number of anilines is 1. The van der Waals surface area contributed by atoms with Crippen LogP contribution in [0.5, 0.6) is 11.5 Å². The number of aryl methyl sites for hydroxylation is 1. The molecule has 1 N–H and O–H groups in total. The molecule has 0 spiro atoms. The highest BCUT2D eigenvalue weighted by atomic mass is 35.5. The fourth-order valence-corrected chi connectivity index (χ4v) is 5.76. The monoisotopic (exact) mass is 569 g/mol. The van der Waals surface area contributed by atoms with Gasteiger partial charge in [-0.2, -0.15) is 0 Å². The van der Waals surface area contributed by atoms with E-state index in [0.717, 1.165) is 38.6 Å². The van der Waals surface area contributed by atoms with Crippen molar-refractivity contribution in [1.82, 2.24) is 10.3 Å². The van der Waals surface area contributed by atoms with Crippen LogP contribution in [0.15, 0.2) is 124 Å². The van der Waals surface area contributed by atoms with Gasteiger partial charge in [0.25, 0.3) is 0 Å². The van der Waals surface area contributed by atoms with Gasteiger partial charge in [0.05, 0.1) is 11.7 Å². The van der Waals surface area contributed by atoms with Crippen LogP contribution in [0.4, 0.5) is 5.69 Å². The number of benzene rings is 3. The molecule has 2 atom stereocenters. The number of thiocarbonyl (C=S) groups is 1. The van der Waals surface area contributed by atoms with Crippen molar-refractivity contribution in [3.63, 3.8) is 0 Å². The number of nitrogens with one attached hydrogen (secondary N) is 1. The highest BCUT2D eigenvalue weighted by Gasteiger charge is 2.42. The van der Waals surface area contributed by atoms with E-state index in [1.54, 1.807) is 18.0 Å². The van der Waals surface area contributed by atoms with Crippen LogP contribution >= 0.6 is 35.6 Å². The van der Waals surface area contributed by atoms with E-state index in [1.807, 2.05) is 103 Å². The summed E-state index contributed by atoms with van der Waals surface area (Å²) in [5, 5.41) is 5.56. The van der Waals surface area contributed by atoms with E-state index in [4.69, 9.17) is 33.0 Å². The van der Waals surface area contributed by atoms with Crippen molar-refractivity contribution < 1.29 is 9.15 Å². The van der Waals surface area contributed by atoms with Gasteiger partial charge >= 0.3 is 0 Å². The van der Waals surface area contributed by atoms with Crippen LogP contribution in [-0.2, 0) is 0 Å². The van der Waals surface area contributed by atoms with Gasteiger partial charge in [0.2, 0.25) is 0 Å². The van der Waals surface area contributed by atoms with E-state index in [-0.39, 0.29) is 12.1 Å². The topological polar surface area (TPSA) is 50.5 Å². The van der Waals surface area contributed by atoms with Crippen molar-refractivity contribution in [2.45, 2.75) is 29.0 Å². The standard InChI is InChI=1S/C31H24ClN3O2S2/c1-20-5-11-23(12-6-20)36-24-13-9-22(10-14-24)35-30(29(34-31(35)38)26-4-2-3-19-33-26)27-17-18-28(37-27)39-25-15-7-21(32)8-16-25/h2-19,29-30H,1H3,(H,34,38). The molecule has 5 aromatic rings. The molecule has 0 aliphatic carbocycles. The molecule has 2 aromatic heterocycles. The number of nitrogens with zero attached hydrogens (tertiary/aromatic N) is 2. The van der Waals surface area contributed by atoms with Crippen molar-refractivity contribution in [1.29, 1.82) is 0 Å². The molecule has 6 rings (SSSR count). The predicted molar refractivity (Wildman–Crippen MR) is 160 cm³/mol. The van der Waals surface area contributed by atoms with Gasteiger partial charge in [0, 0.05) is 21.8 Å². The van der Waals surface area contributed by atoms with E-state index < -0.39 is 0 Å². The van der Waals surface area contributed by atoms with E-state index in [2.05, 4.69) is 22.1 Å². The summed E-state index contributed by atoms with van der Waals surface area (Å²) in [6, 6.07) is 33.1. The number of ether oxygens (including phenoxy) is 1. The number of pyridine rings is 1. The zero-order valence-electron chi connectivity index (χ0n) is 21.0. The lowest BCUT2D eigenvalue weighted by Crippen LogP contribution is -2.29. The third-order valence-electron chi connectivity index (χ3n) is 6.40. The Hall–Kier alpha value is -3.78. The van der Waals surface area contributed by atoms with Crippen LogP contribution in [0.1, 0.15) is 29.1 Å². The minimum Gasteiger partial charge on any atom is -0.457 e. The molecule has 1 saturated heterocycles. The molecule has 3 aromatic carbocycles. The molecule has 39 heavy (non-hydrogen) atoms. The second-order valence-electron chi connectivity index (χ2n) is 9.12. The molecule has 0 bridgehead atoms. The molecule has 0 radical (unpaired) electrons. The second-order valence-corrected chi connectivity index (χ2v) is 11.0. The molecule has 0 saturated carbocycles. The number of rotatable bonds is 7. The maximum absolute atomic E-state index is 6.40. The van der Waals surface area contributed by atoms with Gasteiger partial charge in [0.15, 0.2) is 10.2 Å². The van der Waals surface area contributed by atoms with Gasteiger partial charge in [-0.25, -0.2) is 0 Å². The van der Waals surface area contributed by atoms with Crippen molar-refractivity contribution in [3.05, 3.63) is 131 Å². The number of hydrogen-bond acceptors (Lipinski definition) is 5. The Morgan fingerprint density at radius 1 is 0.897 bits per heavy atom. The van der Waals surface area contributed by atoms with Crippen LogP contribution in [0, 0.1) is 6.92 Å². The predicted octanol–water partition coefficient (Wildman–Crippen LogP) is 8.76. The van der Waals surface area contributed by atoms with Crippen molar-refractivity contribution in [2.24, 2.45) is 0 Å². The van der Waals surface area contributed by atoms with Gasteiger partial charge in [-0.3, -0.25) is 4.98 Å². The minimum absolute atomic E-state index is 0.193. The molecule has 1 aliphatic heterocycles. The molecule has 8 heteroatoms. The number of aromatic nitrogens is 1. The second kappa shape index (κ2) is 11.1. The first-order chi connectivity index (χ1) is 19.0.